The Morgan fingerprint density at radius 3 is 2.69 bits per heavy atom. The van der Waals surface area contributed by atoms with Crippen LogP contribution in [0.1, 0.15) is 78.0 Å². The van der Waals surface area contributed by atoms with Gasteiger partial charge in [-0.3, -0.25) is 14.7 Å². The van der Waals surface area contributed by atoms with Crippen LogP contribution < -0.4 is 5.56 Å². The minimum Gasteiger partial charge on any atom is -0.468 e. The summed E-state index contributed by atoms with van der Waals surface area (Å²) in [6, 6.07) is 13.7. The highest BCUT2D eigenvalue weighted by molar-refractivity contribution is 5.85. The number of aryl methyl sites for hydroxylation is 2. The summed E-state index contributed by atoms with van der Waals surface area (Å²) >= 11 is 0. The molecule has 4 aromatic heterocycles. The summed E-state index contributed by atoms with van der Waals surface area (Å²) < 4.78 is 7.75. The fourth-order valence-corrected chi connectivity index (χ4v) is 5.83. The molecule has 6 rings (SSSR count). The Labute approximate surface area is 226 Å². The third-order valence-electron chi connectivity index (χ3n) is 7.86. The number of nitrogens with zero attached hydrogens (tertiary/aromatic N) is 6. The molecule has 4 heterocycles. The molecule has 0 amide bonds. The van der Waals surface area contributed by atoms with Gasteiger partial charge in [-0.25, -0.2) is 4.68 Å². The molecule has 0 radical (unpaired) electrons. The number of hydrogen-bond donors (Lipinski definition) is 1. The zero-order valence-corrected chi connectivity index (χ0v) is 22.4. The van der Waals surface area contributed by atoms with Gasteiger partial charge in [0.05, 0.1) is 24.4 Å². The van der Waals surface area contributed by atoms with Gasteiger partial charge < -0.3 is 9.40 Å². The quantitative estimate of drug-likeness (QED) is 0.290. The van der Waals surface area contributed by atoms with Crippen LogP contribution in [0, 0.1) is 13.8 Å². The van der Waals surface area contributed by atoms with Crippen LogP contribution in [0.3, 0.4) is 0 Å². The summed E-state index contributed by atoms with van der Waals surface area (Å²) in [6.45, 7) is 5.08. The van der Waals surface area contributed by atoms with E-state index in [9.17, 15) is 4.79 Å². The third kappa shape index (κ3) is 5.14. The zero-order chi connectivity index (χ0) is 26.8. The van der Waals surface area contributed by atoms with Gasteiger partial charge in [0.2, 0.25) is 0 Å². The normalized spacial score (nSPS) is 15.3. The van der Waals surface area contributed by atoms with Gasteiger partial charge >= 0.3 is 0 Å². The number of aromatic amines is 1. The lowest BCUT2D eigenvalue weighted by Gasteiger charge is -2.32. The van der Waals surface area contributed by atoms with E-state index in [1.165, 1.54) is 6.42 Å². The molecule has 39 heavy (non-hydrogen) atoms. The average Bonchev–Trinajstić information content (AvgIpc) is 3.65. The molecule has 9 nitrogen and oxygen atoms in total. The standard InChI is InChI=1S/C30H33N7O2/c1-20-12-13-21(2)27-25(20)16-26(30(38)32-27)28(29-33-34-35-37(29)23-9-4-3-5-10-23)36(19-24-11-7-15-39-24)18-22-8-6-14-31-17-22/h6-8,11-17,23,28H,3-5,9-10,18-19H2,1-2H3,(H,32,38). The van der Waals surface area contributed by atoms with Crippen LogP contribution in [0.5, 0.6) is 0 Å². The smallest absolute Gasteiger partial charge is 0.253 e. The molecule has 1 aliphatic rings. The van der Waals surface area contributed by atoms with E-state index in [4.69, 9.17) is 4.42 Å². The maximum atomic E-state index is 13.9. The summed E-state index contributed by atoms with van der Waals surface area (Å²) in [4.78, 5) is 23.6. The number of nitrogens with one attached hydrogen (secondary N) is 1. The largest absolute Gasteiger partial charge is 0.468 e. The minimum atomic E-state index is -0.514. The van der Waals surface area contributed by atoms with Crippen molar-refractivity contribution in [1.82, 2.24) is 35.1 Å². The molecule has 1 unspecified atom stereocenters. The number of tetrazole rings is 1. The monoisotopic (exact) mass is 523 g/mol. The molecule has 5 aromatic rings. The zero-order valence-electron chi connectivity index (χ0n) is 22.4. The second-order valence-corrected chi connectivity index (χ2v) is 10.6. The van der Waals surface area contributed by atoms with Crippen LogP contribution in [0.15, 0.2) is 70.3 Å². The number of pyridine rings is 2. The molecule has 0 saturated heterocycles. The molecular weight excluding hydrogens is 490 g/mol. The Bertz CT molecular complexity index is 1600. The molecule has 200 valence electrons. The van der Waals surface area contributed by atoms with Gasteiger partial charge in [0.1, 0.15) is 11.8 Å². The van der Waals surface area contributed by atoms with Gasteiger partial charge in [0.25, 0.3) is 5.56 Å². The van der Waals surface area contributed by atoms with E-state index >= 15 is 0 Å². The summed E-state index contributed by atoms with van der Waals surface area (Å²) in [7, 11) is 0. The van der Waals surface area contributed by atoms with E-state index in [1.807, 2.05) is 54.2 Å². The lowest BCUT2D eigenvalue weighted by Crippen LogP contribution is -2.35. The van der Waals surface area contributed by atoms with E-state index < -0.39 is 6.04 Å². The molecule has 0 spiro atoms. The Morgan fingerprint density at radius 1 is 1.08 bits per heavy atom. The summed E-state index contributed by atoms with van der Waals surface area (Å²) in [6.07, 6.45) is 10.9. The number of furan rings is 1. The molecule has 0 aliphatic heterocycles. The fourth-order valence-electron chi connectivity index (χ4n) is 5.83. The van der Waals surface area contributed by atoms with Crippen molar-refractivity contribution in [3.8, 4) is 0 Å². The second kappa shape index (κ2) is 10.9. The molecule has 1 N–H and O–H groups in total. The van der Waals surface area contributed by atoms with Crippen molar-refractivity contribution in [2.45, 2.75) is 71.1 Å². The van der Waals surface area contributed by atoms with Gasteiger partial charge in [-0.2, -0.15) is 0 Å². The van der Waals surface area contributed by atoms with Crippen molar-refractivity contribution in [2.75, 3.05) is 0 Å². The molecule has 1 fully saturated rings. The summed E-state index contributed by atoms with van der Waals surface area (Å²) in [5.41, 5.74) is 4.48. The molecular formula is C30H33N7O2. The van der Waals surface area contributed by atoms with Crippen molar-refractivity contribution in [1.29, 1.82) is 0 Å². The predicted molar refractivity (Wildman–Crippen MR) is 148 cm³/mol. The SMILES string of the molecule is Cc1ccc(C)c2[nH]c(=O)c(C(c3nnnn3C3CCCCC3)N(Cc3cccnc3)Cc3ccco3)cc12. The first-order valence-electron chi connectivity index (χ1n) is 13.6. The highest BCUT2D eigenvalue weighted by atomic mass is 16.3. The third-order valence-corrected chi connectivity index (χ3v) is 7.86. The highest BCUT2D eigenvalue weighted by Crippen LogP contribution is 2.35. The average molecular weight is 524 g/mol. The van der Waals surface area contributed by atoms with E-state index in [0.717, 1.165) is 59.0 Å². The van der Waals surface area contributed by atoms with E-state index in [2.05, 4.69) is 43.4 Å². The van der Waals surface area contributed by atoms with Crippen molar-refractivity contribution in [2.24, 2.45) is 0 Å². The Balaban J connectivity index is 1.55. The predicted octanol–water partition coefficient (Wildman–Crippen LogP) is 5.42. The number of benzene rings is 1. The van der Waals surface area contributed by atoms with Gasteiger partial charge in [0, 0.05) is 29.9 Å². The lowest BCUT2D eigenvalue weighted by atomic mass is 9.94. The molecule has 1 atom stereocenters. The molecule has 1 aliphatic carbocycles. The molecule has 1 saturated carbocycles. The molecule has 1 aromatic carbocycles. The van der Waals surface area contributed by atoms with E-state index in [-0.39, 0.29) is 11.6 Å². The molecule has 9 heteroatoms. The lowest BCUT2D eigenvalue weighted by molar-refractivity contribution is 0.173. The Kier molecular flexibility index (Phi) is 7.06. The van der Waals surface area contributed by atoms with E-state index in [1.54, 1.807) is 12.5 Å². The molecule has 0 bridgehead atoms. The van der Waals surface area contributed by atoms with Gasteiger partial charge in [-0.05, 0) is 78.1 Å². The Hall–Kier alpha value is -4.11. The summed E-state index contributed by atoms with van der Waals surface area (Å²) in [5.74, 6) is 1.47. The maximum absolute atomic E-state index is 13.9. The first kappa shape index (κ1) is 25.2. The second-order valence-electron chi connectivity index (χ2n) is 10.6. The number of H-pyrrole nitrogens is 1. The van der Waals surface area contributed by atoms with Gasteiger partial charge in [0.15, 0.2) is 5.82 Å². The number of hydrogen-bond acceptors (Lipinski definition) is 7. The number of rotatable bonds is 8. The van der Waals surface area contributed by atoms with Crippen LogP contribution in [-0.2, 0) is 13.1 Å². The Morgan fingerprint density at radius 2 is 1.92 bits per heavy atom. The van der Waals surface area contributed by atoms with Gasteiger partial charge in [-0.15, -0.1) is 5.10 Å². The fraction of sp³-hybridized carbons (Fsp3) is 0.367. The number of fused-ring (bicyclic) bond motifs is 1. The van der Waals surface area contributed by atoms with Crippen LogP contribution in [0.2, 0.25) is 0 Å². The van der Waals surface area contributed by atoms with Crippen molar-refractivity contribution in [3.05, 3.63) is 105 Å². The van der Waals surface area contributed by atoms with Crippen LogP contribution in [-0.4, -0.2) is 35.1 Å². The van der Waals surface area contributed by atoms with E-state index in [0.29, 0.717) is 24.5 Å². The summed E-state index contributed by atoms with van der Waals surface area (Å²) in [5, 5.41) is 14.2. The van der Waals surface area contributed by atoms with Crippen molar-refractivity contribution in [3.63, 3.8) is 0 Å². The van der Waals surface area contributed by atoms with Crippen LogP contribution >= 0.6 is 0 Å². The van der Waals surface area contributed by atoms with Crippen LogP contribution in [0.4, 0.5) is 0 Å². The van der Waals surface area contributed by atoms with Crippen LogP contribution in [0.25, 0.3) is 10.9 Å². The topological polar surface area (TPSA) is 106 Å². The highest BCUT2D eigenvalue weighted by Gasteiger charge is 2.33. The number of aromatic nitrogens is 6. The minimum absolute atomic E-state index is 0.143. The van der Waals surface area contributed by atoms with Crippen molar-refractivity contribution >= 4 is 10.9 Å². The first-order chi connectivity index (χ1) is 19.1. The maximum Gasteiger partial charge on any atom is 0.253 e. The van der Waals surface area contributed by atoms with Gasteiger partial charge in [-0.1, -0.05) is 37.5 Å². The van der Waals surface area contributed by atoms with Crippen molar-refractivity contribution < 1.29 is 4.42 Å². The first-order valence-corrected chi connectivity index (χ1v) is 13.6.